The minimum Gasteiger partial charge on any atom is -0.870 e. The van der Waals surface area contributed by atoms with Crippen molar-refractivity contribution in [1.29, 1.82) is 0 Å². The standard InChI is InChI=1S/C27H24N2O4/c1-3-33-23-13-11-17-7-4-5-8-19(17)25(23)27(31)29-16-21(20-9-6-14-28-26(20)29)18-10-12-22(30)24(15-18)32-2/h4-16,26,28,30H,3H2,1-2H3/p-1. The van der Waals surface area contributed by atoms with Gasteiger partial charge in [-0.15, -0.1) is 0 Å². The first-order valence-electron chi connectivity index (χ1n) is 10.8. The first-order valence-corrected chi connectivity index (χ1v) is 10.8. The van der Waals surface area contributed by atoms with Crippen molar-refractivity contribution >= 4 is 22.3 Å². The first-order chi connectivity index (χ1) is 16.1. The summed E-state index contributed by atoms with van der Waals surface area (Å²) in [5.41, 5.74) is 3.11. The Labute approximate surface area is 192 Å². The van der Waals surface area contributed by atoms with Gasteiger partial charge < -0.3 is 19.9 Å². The van der Waals surface area contributed by atoms with E-state index in [1.807, 2.05) is 67.9 Å². The van der Waals surface area contributed by atoms with E-state index in [1.54, 1.807) is 17.0 Å². The van der Waals surface area contributed by atoms with Gasteiger partial charge in [0.15, 0.2) is 0 Å². The third kappa shape index (κ3) is 3.49. The quantitative estimate of drug-likeness (QED) is 0.645. The highest BCUT2D eigenvalue weighted by molar-refractivity contribution is 6.11. The van der Waals surface area contributed by atoms with Gasteiger partial charge in [-0.05, 0) is 47.7 Å². The SMILES string of the molecule is CCOc1ccc2ccccc2c1C(=O)N1C=C(c2ccc([O-])c(OC)c2)C2=CC=CNC21. The van der Waals surface area contributed by atoms with Crippen LogP contribution in [0.25, 0.3) is 16.3 Å². The Morgan fingerprint density at radius 3 is 2.79 bits per heavy atom. The third-order valence-electron chi connectivity index (χ3n) is 5.89. The Bertz CT molecular complexity index is 1340. The Hall–Kier alpha value is -4.19. The molecule has 6 nitrogen and oxygen atoms in total. The van der Waals surface area contributed by atoms with Crippen LogP contribution in [0.1, 0.15) is 22.8 Å². The van der Waals surface area contributed by atoms with E-state index in [0.717, 1.165) is 27.5 Å². The molecule has 2 aliphatic heterocycles. The average molecular weight is 439 g/mol. The van der Waals surface area contributed by atoms with Crippen molar-refractivity contribution in [3.63, 3.8) is 0 Å². The molecule has 0 bridgehead atoms. The number of hydrogen-bond donors (Lipinski definition) is 1. The van der Waals surface area contributed by atoms with Gasteiger partial charge in [-0.3, -0.25) is 9.69 Å². The van der Waals surface area contributed by atoms with E-state index >= 15 is 0 Å². The number of methoxy groups -OCH3 is 1. The number of nitrogens with one attached hydrogen (secondary N) is 1. The predicted molar refractivity (Wildman–Crippen MR) is 126 cm³/mol. The molecule has 0 saturated heterocycles. The van der Waals surface area contributed by atoms with Gasteiger partial charge in [-0.2, -0.15) is 0 Å². The molecule has 5 rings (SSSR count). The van der Waals surface area contributed by atoms with Crippen LogP contribution in [0.15, 0.2) is 84.7 Å². The van der Waals surface area contributed by atoms with E-state index in [2.05, 4.69) is 5.32 Å². The number of dihydropyridines is 1. The molecule has 3 aromatic rings. The van der Waals surface area contributed by atoms with Crippen LogP contribution in [-0.4, -0.2) is 30.7 Å². The number of carbonyl (C=O) groups is 1. The van der Waals surface area contributed by atoms with Crippen molar-refractivity contribution in [2.75, 3.05) is 13.7 Å². The zero-order valence-electron chi connectivity index (χ0n) is 18.4. The van der Waals surface area contributed by atoms with Crippen LogP contribution in [-0.2, 0) is 0 Å². The fraction of sp³-hybridized carbons (Fsp3) is 0.148. The Morgan fingerprint density at radius 2 is 1.97 bits per heavy atom. The zero-order valence-corrected chi connectivity index (χ0v) is 18.4. The molecule has 0 fully saturated rings. The third-order valence-corrected chi connectivity index (χ3v) is 5.89. The Balaban J connectivity index is 1.64. The molecule has 1 atom stereocenters. The number of allylic oxidation sites excluding steroid dienone is 2. The van der Waals surface area contributed by atoms with Crippen molar-refractivity contribution in [3.8, 4) is 17.2 Å². The molecule has 2 heterocycles. The second kappa shape index (κ2) is 8.39. The molecule has 0 spiro atoms. The molecule has 166 valence electrons. The van der Waals surface area contributed by atoms with Gasteiger partial charge in [0.2, 0.25) is 0 Å². The van der Waals surface area contributed by atoms with Crippen molar-refractivity contribution in [2.45, 2.75) is 13.1 Å². The Morgan fingerprint density at radius 1 is 1.12 bits per heavy atom. The molecule has 2 aliphatic rings. The summed E-state index contributed by atoms with van der Waals surface area (Å²) in [6.45, 7) is 2.36. The summed E-state index contributed by atoms with van der Waals surface area (Å²) >= 11 is 0. The summed E-state index contributed by atoms with van der Waals surface area (Å²) in [6, 6.07) is 16.6. The van der Waals surface area contributed by atoms with Crippen LogP contribution >= 0.6 is 0 Å². The van der Waals surface area contributed by atoms with E-state index in [-0.39, 0.29) is 23.6 Å². The number of benzene rings is 3. The summed E-state index contributed by atoms with van der Waals surface area (Å²) in [4.78, 5) is 15.7. The molecular weight excluding hydrogens is 416 g/mol. The maximum absolute atomic E-state index is 14.0. The largest absolute Gasteiger partial charge is 0.870 e. The van der Waals surface area contributed by atoms with Crippen LogP contribution in [0, 0.1) is 0 Å². The minimum absolute atomic E-state index is 0.170. The van der Waals surface area contributed by atoms with Gasteiger partial charge in [0.25, 0.3) is 5.91 Å². The number of fused-ring (bicyclic) bond motifs is 2. The number of nitrogens with zero attached hydrogens (tertiary/aromatic N) is 1. The van der Waals surface area contributed by atoms with Gasteiger partial charge >= 0.3 is 0 Å². The summed E-state index contributed by atoms with van der Waals surface area (Å²) in [6.07, 6.45) is 7.15. The molecule has 0 saturated carbocycles. The van der Waals surface area contributed by atoms with Gasteiger partial charge in [0.05, 0.1) is 19.3 Å². The molecule has 1 N–H and O–H groups in total. The highest BCUT2D eigenvalue weighted by Crippen LogP contribution is 2.40. The van der Waals surface area contributed by atoms with E-state index in [4.69, 9.17) is 9.47 Å². The van der Waals surface area contributed by atoms with Gasteiger partial charge in [-0.25, -0.2) is 0 Å². The lowest BCUT2D eigenvalue weighted by Crippen LogP contribution is -2.43. The van der Waals surface area contributed by atoms with Crippen molar-refractivity contribution in [2.24, 2.45) is 0 Å². The average Bonchev–Trinajstić information content (AvgIpc) is 3.24. The fourth-order valence-corrected chi connectivity index (χ4v) is 4.36. The van der Waals surface area contributed by atoms with Gasteiger partial charge in [0, 0.05) is 17.3 Å². The number of hydrogen-bond acceptors (Lipinski definition) is 5. The molecule has 1 unspecified atom stereocenters. The van der Waals surface area contributed by atoms with E-state index < -0.39 is 0 Å². The lowest BCUT2D eigenvalue weighted by atomic mass is 9.97. The summed E-state index contributed by atoms with van der Waals surface area (Å²) in [5.74, 6) is 0.466. The molecule has 0 radical (unpaired) electrons. The lowest BCUT2D eigenvalue weighted by Gasteiger charge is -2.28. The molecule has 33 heavy (non-hydrogen) atoms. The second-order valence-electron chi connectivity index (χ2n) is 7.76. The molecule has 1 amide bonds. The zero-order chi connectivity index (χ0) is 22.9. The lowest BCUT2D eigenvalue weighted by molar-refractivity contribution is -0.270. The molecule has 0 aliphatic carbocycles. The van der Waals surface area contributed by atoms with Gasteiger partial charge in [0.1, 0.15) is 17.7 Å². The first kappa shape index (κ1) is 20.7. The van der Waals surface area contributed by atoms with Crippen molar-refractivity contribution in [3.05, 3.63) is 95.8 Å². The molecule has 0 aromatic heterocycles. The van der Waals surface area contributed by atoms with Crippen LogP contribution in [0.2, 0.25) is 0 Å². The van der Waals surface area contributed by atoms with Crippen LogP contribution in [0.3, 0.4) is 0 Å². The number of rotatable bonds is 5. The van der Waals surface area contributed by atoms with E-state index in [9.17, 15) is 9.90 Å². The highest BCUT2D eigenvalue weighted by atomic mass is 16.5. The normalized spacial score (nSPS) is 16.7. The molecule has 3 aromatic carbocycles. The monoisotopic (exact) mass is 439 g/mol. The van der Waals surface area contributed by atoms with Crippen molar-refractivity contribution < 1.29 is 19.4 Å². The molecular formula is C27H23N2O4-. The predicted octanol–water partition coefficient (Wildman–Crippen LogP) is 4.19. The minimum atomic E-state index is -0.371. The molecule has 6 heteroatoms. The van der Waals surface area contributed by atoms with Gasteiger partial charge in [-0.1, -0.05) is 54.3 Å². The number of amides is 1. The highest BCUT2D eigenvalue weighted by Gasteiger charge is 2.36. The summed E-state index contributed by atoms with van der Waals surface area (Å²) in [7, 11) is 1.47. The Kier molecular flexibility index (Phi) is 5.26. The van der Waals surface area contributed by atoms with Crippen molar-refractivity contribution in [1.82, 2.24) is 10.2 Å². The number of ether oxygens (including phenoxy) is 2. The maximum Gasteiger partial charge on any atom is 0.264 e. The van der Waals surface area contributed by atoms with E-state index in [0.29, 0.717) is 17.9 Å². The van der Waals surface area contributed by atoms with Crippen LogP contribution < -0.4 is 19.9 Å². The second-order valence-corrected chi connectivity index (χ2v) is 7.76. The number of carbonyl (C=O) groups excluding carboxylic acids is 1. The topological polar surface area (TPSA) is 73.9 Å². The summed E-state index contributed by atoms with van der Waals surface area (Å²) < 4.78 is 11.1. The van der Waals surface area contributed by atoms with E-state index in [1.165, 1.54) is 13.2 Å². The van der Waals surface area contributed by atoms with Crippen LogP contribution in [0.4, 0.5) is 0 Å². The maximum atomic E-state index is 14.0. The van der Waals surface area contributed by atoms with Crippen LogP contribution in [0.5, 0.6) is 17.2 Å². The smallest absolute Gasteiger partial charge is 0.264 e. The fourth-order valence-electron chi connectivity index (χ4n) is 4.36. The summed E-state index contributed by atoms with van der Waals surface area (Å²) in [5, 5.41) is 17.1.